The van der Waals surface area contributed by atoms with E-state index in [1.807, 2.05) is 0 Å². The summed E-state index contributed by atoms with van der Waals surface area (Å²) in [7, 11) is 0. The Labute approximate surface area is 112 Å². The zero-order chi connectivity index (χ0) is 14.7. The molecule has 0 aromatic heterocycles. The van der Waals surface area contributed by atoms with Crippen LogP contribution in [0.25, 0.3) is 0 Å². The molecule has 0 spiro atoms. The Morgan fingerprint density at radius 1 is 1.15 bits per heavy atom. The molecular weight excluding hydrogens is 270 g/mol. The minimum absolute atomic E-state index is 0.0200. The van der Waals surface area contributed by atoms with Gasteiger partial charge in [0.15, 0.2) is 0 Å². The molecule has 0 aliphatic heterocycles. The van der Waals surface area contributed by atoms with E-state index >= 15 is 0 Å². The van der Waals surface area contributed by atoms with Crippen molar-refractivity contribution in [2.24, 2.45) is 0 Å². The Bertz CT molecular complexity index is 642. The number of nitro benzene ring substituents is 1. The fourth-order valence-corrected chi connectivity index (χ4v) is 1.60. The van der Waals surface area contributed by atoms with Crippen LogP contribution in [0.3, 0.4) is 0 Å². The summed E-state index contributed by atoms with van der Waals surface area (Å²) in [5, 5.41) is 10.7. The first-order valence-corrected chi connectivity index (χ1v) is 5.57. The van der Waals surface area contributed by atoms with E-state index in [9.17, 15) is 18.9 Å². The topological polar surface area (TPSA) is 78.4 Å². The molecule has 0 bridgehead atoms. The molecule has 0 atom stereocenters. The maximum atomic E-state index is 13.0. The van der Waals surface area contributed by atoms with E-state index in [4.69, 9.17) is 10.5 Å². The third-order valence-corrected chi connectivity index (χ3v) is 2.57. The molecule has 104 valence electrons. The van der Waals surface area contributed by atoms with Crippen LogP contribution in [-0.4, -0.2) is 4.92 Å². The Morgan fingerprint density at radius 2 is 1.80 bits per heavy atom. The number of ether oxygens (including phenoxy) is 1. The summed E-state index contributed by atoms with van der Waals surface area (Å²) in [4.78, 5) is 10.1. The number of hydrogen-bond donors (Lipinski definition) is 1. The average molecular weight is 280 g/mol. The van der Waals surface area contributed by atoms with Crippen LogP contribution in [0.5, 0.6) is 5.75 Å². The van der Waals surface area contributed by atoms with Crippen LogP contribution >= 0.6 is 0 Å². The SMILES string of the molecule is Nc1ccc([N+](=O)[O-])cc1COc1cc(F)cc(F)c1. The lowest BCUT2D eigenvalue weighted by Gasteiger charge is -2.08. The Kier molecular flexibility index (Phi) is 3.79. The van der Waals surface area contributed by atoms with E-state index in [1.54, 1.807) is 0 Å². The third-order valence-electron chi connectivity index (χ3n) is 2.57. The van der Waals surface area contributed by atoms with Crippen molar-refractivity contribution >= 4 is 11.4 Å². The minimum Gasteiger partial charge on any atom is -0.489 e. The third kappa shape index (κ3) is 3.19. The number of non-ortho nitro benzene ring substituents is 1. The van der Waals surface area contributed by atoms with Gasteiger partial charge in [0.2, 0.25) is 0 Å². The van der Waals surface area contributed by atoms with Crippen molar-refractivity contribution in [1.82, 2.24) is 0 Å². The van der Waals surface area contributed by atoms with Crippen molar-refractivity contribution in [2.45, 2.75) is 6.61 Å². The number of nitro groups is 1. The maximum absolute atomic E-state index is 13.0. The highest BCUT2D eigenvalue weighted by atomic mass is 19.1. The number of hydrogen-bond acceptors (Lipinski definition) is 4. The molecule has 0 radical (unpaired) electrons. The van der Waals surface area contributed by atoms with Gasteiger partial charge in [-0.15, -0.1) is 0 Å². The summed E-state index contributed by atoms with van der Waals surface area (Å²) in [5.41, 5.74) is 6.19. The van der Waals surface area contributed by atoms with Gasteiger partial charge in [0, 0.05) is 41.6 Å². The van der Waals surface area contributed by atoms with Gasteiger partial charge in [0.05, 0.1) is 4.92 Å². The van der Waals surface area contributed by atoms with E-state index in [1.165, 1.54) is 18.2 Å². The van der Waals surface area contributed by atoms with Gasteiger partial charge in [-0.05, 0) is 6.07 Å². The standard InChI is InChI=1S/C13H10F2N2O3/c14-9-4-10(15)6-12(5-9)20-7-8-3-11(17(18)19)1-2-13(8)16/h1-6H,7,16H2. The minimum atomic E-state index is -0.771. The lowest BCUT2D eigenvalue weighted by atomic mass is 10.1. The molecule has 2 N–H and O–H groups in total. The molecule has 20 heavy (non-hydrogen) atoms. The van der Waals surface area contributed by atoms with E-state index in [2.05, 4.69) is 0 Å². The predicted molar refractivity (Wildman–Crippen MR) is 68.2 cm³/mol. The first kappa shape index (κ1) is 13.7. The zero-order valence-corrected chi connectivity index (χ0v) is 10.2. The zero-order valence-electron chi connectivity index (χ0n) is 10.2. The maximum Gasteiger partial charge on any atom is 0.269 e. The quantitative estimate of drug-likeness (QED) is 0.530. The smallest absolute Gasteiger partial charge is 0.269 e. The number of benzene rings is 2. The fraction of sp³-hybridized carbons (Fsp3) is 0.0769. The van der Waals surface area contributed by atoms with E-state index in [0.717, 1.165) is 12.1 Å². The Hall–Kier alpha value is -2.70. The molecule has 2 rings (SSSR count). The van der Waals surface area contributed by atoms with Crippen molar-refractivity contribution in [3.05, 3.63) is 63.7 Å². The molecule has 2 aromatic carbocycles. The summed E-state index contributed by atoms with van der Waals surface area (Å²) < 4.78 is 31.1. The normalized spacial score (nSPS) is 10.3. The molecule has 5 nitrogen and oxygen atoms in total. The molecule has 0 unspecified atom stereocenters. The molecule has 0 saturated carbocycles. The Morgan fingerprint density at radius 3 is 2.40 bits per heavy atom. The number of nitrogen functional groups attached to an aromatic ring is 1. The molecule has 0 fully saturated rings. The monoisotopic (exact) mass is 280 g/mol. The van der Waals surface area contributed by atoms with Gasteiger partial charge >= 0.3 is 0 Å². The van der Waals surface area contributed by atoms with Crippen LogP contribution in [0.15, 0.2) is 36.4 Å². The van der Waals surface area contributed by atoms with Crippen molar-refractivity contribution in [3.8, 4) is 5.75 Å². The summed E-state index contributed by atoms with van der Waals surface area (Å²) >= 11 is 0. The molecule has 0 aliphatic carbocycles. The van der Waals surface area contributed by atoms with Gasteiger partial charge < -0.3 is 10.5 Å². The van der Waals surface area contributed by atoms with E-state index < -0.39 is 16.6 Å². The highest BCUT2D eigenvalue weighted by Gasteiger charge is 2.10. The number of halogens is 2. The van der Waals surface area contributed by atoms with Crippen LogP contribution in [0.2, 0.25) is 0 Å². The second-order valence-electron chi connectivity index (χ2n) is 4.03. The second kappa shape index (κ2) is 5.52. The second-order valence-corrected chi connectivity index (χ2v) is 4.03. The largest absolute Gasteiger partial charge is 0.489 e. The molecule has 2 aromatic rings. The first-order chi connectivity index (χ1) is 9.45. The lowest BCUT2D eigenvalue weighted by molar-refractivity contribution is -0.384. The summed E-state index contributed by atoms with van der Waals surface area (Å²) in [6.07, 6.45) is 0. The van der Waals surface area contributed by atoms with Crippen molar-refractivity contribution in [1.29, 1.82) is 0 Å². The van der Waals surface area contributed by atoms with Gasteiger partial charge in [-0.2, -0.15) is 0 Å². The average Bonchev–Trinajstić information content (AvgIpc) is 2.36. The molecule has 0 amide bonds. The van der Waals surface area contributed by atoms with Gasteiger partial charge in [-0.1, -0.05) is 0 Å². The van der Waals surface area contributed by atoms with Crippen LogP contribution in [0, 0.1) is 21.7 Å². The highest BCUT2D eigenvalue weighted by molar-refractivity contribution is 5.52. The van der Waals surface area contributed by atoms with Crippen LogP contribution in [0.4, 0.5) is 20.2 Å². The van der Waals surface area contributed by atoms with Crippen LogP contribution in [-0.2, 0) is 6.61 Å². The highest BCUT2D eigenvalue weighted by Crippen LogP contribution is 2.22. The molecule has 0 saturated heterocycles. The number of anilines is 1. The summed E-state index contributed by atoms with van der Waals surface area (Å²) in [6, 6.07) is 6.64. The molecular formula is C13H10F2N2O3. The number of nitrogens with two attached hydrogens (primary N) is 1. The van der Waals surface area contributed by atoms with Gasteiger partial charge in [-0.3, -0.25) is 10.1 Å². The predicted octanol–water partition coefficient (Wildman–Crippen LogP) is 3.03. The molecule has 0 aliphatic rings. The van der Waals surface area contributed by atoms with Gasteiger partial charge in [0.1, 0.15) is 24.0 Å². The van der Waals surface area contributed by atoms with Crippen LogP contribution < -0.4 is 10.5 Å². The fourth-order valence-electron chi connectivity index (χ4n) is 1.60. The first-order valence-electron chi connectivity index (χ1n) is 5.57. The van der Waals surface area contributed by atoms with E-state index in [-0.39, 0.29) is 18.0 Å². The van der Waals surface area contributed by atoms with E-state index in [0.29, 0.717) is 17.3 Å². The van der Waals surface area contributed by atoms with Crippen molar-refractivity contribution < 1.29 is 18.4 Å². The Balaban J connectivity index is 2.18. The number of rotatable bonds is 4. The van der Waals surface area contributed by atoms with Gasteiger partial charge in [-0.25, -0.2) is 8.78 Å². The van der Waals surface area contributed by atoms with Crippen molar-refractivity contribution in [3.63, 3.8) is 0 Å². The van der Waals surface area contributed by atoms with Crippen molar-refractivity contribution in [2.75, 3.05) is 5.73 Å². The lowest BCUT2D eigenvalue weighted by Crippen LogP contribution is -2.02. The van der Waals surface area contributed by atoms with Crippen LogP contribution in [0.1, 0.15) is 5.56 Å². The molecule has 0 heterocycles. The van der Waals surface area contributed by atoms with Gasteiger partial charge in [0.25, 0.3) is 5.69 Å². The summed E-state index contributed by atoms with van der Waals surface area (Å²) in [6.45, 7) is -0.129. The number of nitrogens with zero attached hydrogens (tertiary/aromatic N) is 1. The molecule has 7 heteroatoms. The summed E-state index contributed by atoms with van der Waals surface area (Å²) in [5.74, 6) is -1.56.